The van der Waals surface area contributed by atoms with Gasteiger partial charge in [0.25, 0.3) is 0 Å². The van der Waals surface area contributed by atoms with Crippen molar-refractivity contribution >= 4 is 28.4 Å². The molecule has 0 aliphatic carbocycles. The number of amides is 1. The second-order valence-corrected chi connectivity index (χ2v) is 7.06. The molecule has 0 spiro atoms. The molecule has 0 aromatic carbocycles. The molecule has 2 N–H and O–H groups in total. The molecule has 0 atom stereocenters. The van der Waals surface area contributed by atoms with Gasteiger partial charge < -0.3 is 15.2 Å². The monoisotopic (exact) mass is 457 g/mol. The van der Waals surface area contributed by atoms with Gasteiger partial charge in [-0.1, -0.05) is 11.6 Å². The second-order valence-electron chi connectivity index (χ2n) is 6.66. The summed E-state index contributed by atoms with van der Waals surface area (Å²) in [6.07, 6.45) is 0.685. The Labute approximate surface area is 180 Å². The van der Waals surface area contributed by atoms with Gasteiger partial charge in [-0.2, -0.15) is 18.3 Å². The minimum Gasteiger partial charge on any atom is -0.467 e. The standard InChI is InChI=1S/C19H19ClF3N5O3/c20-14-6-12(8-26-18(14)31-11-19(21,22)23)9-28-10-13-15(27-28)2-4-24-16(13)7-17(30)25-3-1-5-29/h2,4,6,8,10,29H,1,3,5,7,9,11H2,(H,25,30). The van der Waals surface area contributed by atoms with Crippen LogP contribution in [0.25, 0.3) is 10.9 Å². The highest BCUT2D eigenvalue weighted by Gasteiger charge is 2.29. The van der Waals surface area contributed by atoms with E-state index in [-0.39, 0.29) is 36.4 Å². The van der Waals surface area contributed by atoms with Crippen LogP contribution in [-0.2, 0) is 17.8 Å². The molecule has 0 saturated carbocycles. The lowest BCUT2D eigenvalue weighted by Crippen LogP contribution is -2.26. The molecule has 3 aromatic rings. The molecule has 12 heteroatoms. The Morgan fingerprint density at radius 3 is 2.84 bits per heavy atom. The van der Waals surface area contributed by atoms with Gasteiger partial charge in [0, 0.05) is 37.1 Å². The van der Waals surface area contributed by atoms with Gasteiger partial charge in [0.15, 0.2) is 6.61 Å². The van der Waals surface area contributed by atoms with Crippen LogP contribution in [0.4, 0.5) is 13.2 Å². The summed E-state index contributed by atoms with van der Waals surface area (Å²) < 4.78 is 43.0. The summed E-state index contributed by atoms with van der Waals surface area (Å²) in [5.41, 5.74) is 1.79. The predicted molar refractivity (Wildman–Crippen MR) is 106 cm³/mol. The van der Waals surface area contributed by atoms with Crippen LogP contribution in [0.3, 0.4) is 0 Å². The number of nitrogens with zero attached hydrogens (tertiary/aromatic N) is 4. The van der Waals surface area contributed by atoms with Crippen molar-refractivity contribution < 1.29 is 27.8 Å². The molecule has 1 amide bonds. The molecular formula is C19H19ClF3N5O3. The van der Waals surface area contributed by atoms with E-state index in [2.05, 4.69) is 25.1 Å². The fourth-order valence-corrected chi connectivity index (χ4v) is 3.03. The number of rotatable bonds is 9. The lowest BCUT2D eigenvalue weighted by atomic mass is 10.2. The number of halogens is 4. The maximum absolute atomic E-state index is 12.3. The first-order valence-corrected chi connectivity index (χ1v) is 9.65. The van der Waals surface area contributed by atoms with Crippen LogP contribution in [0.1, 0.15) is 17.7 Å². The molecule has 3 heterocycles. The highest BCUT2D eigenvalue weighted by molar-refractivity contribution is 6.31. The summed E-state index contributed by atoms with van der Waals surface area (Å²) in [6.45, 7) is -0.855. The van der Waals surface area contributed by atoms with Crippen molar-refractivity contribution in [3.63, 3.8) is 0 Å². The molecular weight excluding hydrogens is 439 g/mol. The highest BCUT2D eigenvalue weighted by atomic mass is 35.5. The fraction of sp³-hybridized carbons (Fsp3) is 0.368. The first-order chi connectivity index (χ1) is 14.7. The van der Waals surface area contributed by atoms with Gasteiger partial charge in [0.05, 0.1) is 24.2 Å². The van der Waals surface area contributed by atoms with Crippen LogP contribution in [0.2, 0.25) is 5.02 Å². The number of fused-ring (bicyclic) bond motifs is 1. The number of aromatic nitrogens is 4. The number of carbonyl (C=O) groups is 1. The van der Waals surface area contributed by atoms with E-state index < -0.39 is 12.8 Å². The van der Waals surface area contributed by atoms with E-state index in [9.17, 15) is 18.0 Å². The molecule has 0 aliphatic rings. The Bertz CT molecular complexity index is 1060. The van der Waals surface area contributed by atoms with Crippen LogP contribution in [0, 0.1) is 0 Å². The van der Waals surface area contributed by atoms with Crippen LogP contribution < -0.4 is 10.1 Å². The SMILES string of the molecule is O=C(Cc1nccc2nn(Cc3cnc(OCC(F)(F)F)c(Cl)c3)cc12)NCCCO. The zero-order chi connectivity index (χ0) is 22.4. The van der Waals surface area contributed by atoms with Gasteiger partial charge in [-0.05, 0) is 24.1 Å². The van der Waals surface area contributed by atoms with Crippen molar-refractivity contribution in [2.75, 3.05) is 19.8 Å². The number of ether oxygens (including phenoxy) is 1. The Hall–Kier alpha value is -2.92. The number of nitrogens with one attached hydrogen (secondary N) is 1. The van der Waals surface area contributed by atoms with Crippen molar-refractivity contribution in [3.05, 3.63) is 47.0 Å². The second kappa shape index (κ2) is 9.92. The first-order valence-electron chi connectivity index (χ1n) is 9.28. The quantitative estimate of drug-likeness (QED) is 0.479. The number of pyridine rings is 2. The van der Waals surface area contributed by atoms with Crippen LogP contribution >= 0.6 is 11.6 Å². The Morgan fingerprint density at radius 2 is 2.13 bits per heavy atom. The molecule has 0 radical (unpaired) electrons. The van der Waals surface area contributed by atoms with Gasteiger partial charge >= 0.3 is 6.18 Å². The van der Waals surface area contributed by atoms with E-state index in [1.807, 2.05) is 0 Å². The Balaban J connectivity index is 1.71. The highest BCUT2D eigenvalue weighted by Crippen LogP contribution is 2.25. The van der Waals surface area contributed by atoms with Crippen LogP contribution in [0.15, 0.2) is 30.7 Å². The third kappa shape index (κ3) is 6.53. The summed E-state index contributed by atoms with van der Waals surface area (Å²) in [6, 6.07) is 3.17. The third-order valence-electron chi connectivity index (χ3n) is 4.13. The third-order valence-corrected chi connectivity index (χ3v) is 4.40. The summed E-state index contributed by atoms with van der Waals surface area (Å²) in [4.78, 5) is 20.1. The van der Waals surface area contributed by atoms with Crippen molar-refractivity contribution in [1.29, 1.82) is 0 Å². The molecule has 3 aromatic heterocycles. The van der Waals surface area contributed by atoms with Crippen molar-refractivity contribution in [2.45, 2.75) is 25.6 Å². The molecule has 31 heavy (non-hydrogen) atoms. The maximum atomic E-state index is 12.3. The zero-order valence-electron chi connectivity index (χ0n) is 16.2. The number of hydrogen-bond donors (Lipinski definition) is 2. The number of carbonyl (C=O) groups excluding carboxylic acids is 1. The fourth-order valence-electron chi connectivity index (χ4n) is 2.79. The van der Waals surface area contributed by atoms with Gasteiger partial charge in [-0.3, -0.25) is 14.5 Å². The van der Waals surface area contributed by atoms with Gasteiger partial charge in [-0.15, -0.1) is 0 Å². The van der Waals surface area contributed by atoms with Gasteiger partial charge in [0.1, 0.15) is 5.02 Å². The molecule has 0 aliphatic heterocycles. The lowest BCUT2D eigenvalue weighted by Gasteiger charge is -2.10. The summed E-state index contributed by atoms with van der Waals surface area (Å²) in [7, 11) is 0. The summed E-state index contributed by atoms with van der Waals surface area (Å²) in [5, 5.41) is 16.6. The van der Waals surface area contributed by atoms with E-state index in [0.717, 1.165) is 0 Å². The van der Waals surface area contributed by atoms with Gasteiger partial charge in [-0.25, -0.2) is 4.98 Å². The minimum atomic E-state index is -4.49. The molecule has 166 valence electrons. The number of aliphatic hydroxyl groups is 1. The number of alkyl halides is 3. The normalized spacial score (nSPS) is 11.6. The number of hydrogen-bond acceptors (Lipinski definition) is 6. The van der Waals surface area contributed by atoms with Crippen molar-refractivity contribution in [1.82, 2.24) is 25.1 Å². The van der Waals surface area contributed by atoms with Crippen LogP contribution in [-0.4, -0.2) is 56.7 Å². The van der Waals surface area contributed by atoms with Gasteiger partial charge in [0.2, 0.25) is 11.8 Å². The number of aliphatic hydroxyl groups excluding tert-OH is 1. The average Bonchev–Trinajstić information content (AvgIpc) is 3.10. The molecule has 0 fully saturated rings. The van der Waals surface area contributed by atoms with Crippen molar-refractivity contribution in [3.8, 4) is 5.88 Å². The minimum absolute atomic E-state index is 0.00477. The van der Waals surface area contributed by atoms with E-state index in [0.29, 0.717) is 35.1 Å². The average molecular weight is 458 g/mol. The van der Waals surface area contributed by atoms with E-state index in [1.165, 1.54) is 12.3 Å². The topological polar surface area (TPSA) is 102 Å². The summed E-state index contributed by atoms with van der Waals surface area (Å²) in [5.74, 6) is -0.515. The molecule has 0 saturated heterocycles. The van der Waals surface area contributed by atoms with E-state index in [4.69, 9.17) is 16.7 Å². The Kier molecular flexibility index (Phi) is 7.29. The van der Waals surface area contributed by atoms with E-state index >= 15 is 0 Å². The smallest absolute Gasteiger partial charge is 0.422 e. The molecule has 3 rings (SSSR count). The van der Waals surface area contributed by atoms with E-state index in [1.54, 1.807) is 23.1 Å². The van der Waals surface area contributed by atoms with Crippen molar-refractivity contribution in [2.24, 2.45) is 0 Å². The first kappa shape index (κ1) is 22.8. The lowest BCUT2D eigenvalue weighted by molar-refractivity contribution is -0.154. The zero-order valence-corrected chi connectivity index (χ0v) is 16.9. The molecule has 8 nitrogen and oxygen atoms in total. The summed E-state index contributed by atoms with van der Waals surface area (Å²) >= 11 is 5.98. The Morgan fingerprint density at radius 1 is 1.32 bits per heavy atom. The predicted octanol–water partition coefficient (Wildman–Crippen LogP) is 2.51. The maximum Gasteiger partial charge on any atom is 0.422 e. The molecule has 0 bridgehead atoms. The van der Waals surface area contributed by atoms with Crippen LogP contribution in [0.5, 0.6) is 5.88 Å². The largest absolute Gasteiger partial charge is 0.467 e. The molecule has 0 unspecified atom stereocenters.